The van der Waals surface area contributed by atoms with Gasteiger partial charge in [0.25, 0.3) is 5.88 Å². The number of anilines is 2. The van der Waals surface area contributed by atoms with E-state index in [2.05, 4.69) is 39.9 Å². The molecular weight excluding hydrogens is 455 g/mol. The molecule has 188 valence electrons. The molecular formula is C23H34B3N7O3. The lowest BCUT2D eigenvalue weighted by Gasteiger charge is -2.60. The van der Waals surface area contributed by atoms with Crippen molar-refractivity contribution in [2.75, 3.05) is 19.0 Å². The summed E-state index contributed by atoms with van der Waals surface area (Å²) in [6, 6.07) is 3.94. The summed E-state index contributed by atoms with van der Waals surface area (Å²) in [6.45, 7) is 10.4. The van der Waals surface area contributed by atoms with Crippen LogP contribution >= 0.6 is 0 Å². The predicted octanol–water partition coefficient (Wildman–Crippen LogP) is 0.0919. The van der Waals surface area contributed by atoms with Gasteiger partial charge in [-0.05, 0) is 18.2 Å². The Morgan fingerprint density at radius 3 is 2.53 bits per heavy atom. The van der Waals surface area contributed by atoms with E-state index >= 15 is 0 Å². The van der Waals surface area contributed by atoms with Crippen LogP contribution in [0.2, 0.25) is 0 Å². The van der Waals surface area contributed by atoms with E-state index < -0.39 is 16.9 Å². The molecule has 0 aliphatic heterocycles. The minimum Gasteiger partial charge on any atom is -0.470 e. The van der Waals surface area contributed by atoms with Gasteiger partial charge in [-0.15, -0.1) is 5.10 Å². The van der Waals surface area contributed by atoms with Crippen molar-refractivity contribution in [3.8, 4) is 11.9 Å². The number of aliphatic hydroxyl groups is 1. The topological polar surface area (TPSA) is 123 Å². The van der Waals surface area contributed by atoms with Gasteiger partial charge >= 0.3 is 0 Å². The number of ether oxygens (including phenoxy) is 2. The molecule has 4 rings (SSSR count). The zero-order valence-corrected chi connectivity index (χ0v) is 22.6. The molecule has 0 aromatic carbocycles. The normalized spacial score (nSPS) is 21.5. The van der Waals surface area contributed by atoms with Crippen molar-refractivity contribution >= 4 is 46.2 Å². The first-order chi connectivity index (χ1) is 16.7. The van der Waals surface area contributed by atoms with E-state index in [-0.39, 0.29) is 17.4 Å². The molecule has 1 fully saturated rings. The number of rotatable bonds is 8. The maximum atomic E-state index is 10.6. The minimum absolute atomic E-state index is 0.0815. The molecule has 2 N–H and O–H groups in total. The lowest BCUT2D eigenvalue weighted by Crippen LogP contribution is -2.69. The maximum Gasteiger partial charge on any atom is 0.257 e. The molecule has 1 atom stereocenters. The van der Waals surface area contributed by atoms with Crippen LogP contribution in [-0.4, -0.2) is 78.9 Å². The molecule has 0 saturated heterocycles. The molecule has 3 heterocycles. The van der Waals surface area contributed by atoms with Gasteiger partial charge in [0.1, 0.15) is 52.7 Å². The molecule has 1 saturated carbocycles. The van der Waals surface area contributed by atoms with E-state index in [9.17, 15) is 10.4 Å². The third kappa shape index (κ3) is 4.26. The van der Waals surface area contributed by atoms with Crippen molar-refractivity contribution in [2.45, 2.75) is 58.1 Å². The van der Waals surface area contributed by atoms with Gasteiger partial charge in [0, 0.05) is 29.5 Å². The van der Waals surface area contributed by atoms with Gasteiger partial charge < -0.3 is 24.5 Å². The average Bonchev–Trinajstić information content (AvgIpc) is 3.37. The Hall–Kier alpha value is -2.97. The van der Waals surface area contributed by atoms with Crippen LogP contribution in [0.4, 0.5) is 11.6 Å². The van der Waals surface area contributed by atoms with Crippen molar-refractivity contribution in [1.82, 2.24) is 24.3 Å². The van der Waals surface area contributed by atoms with E-state index in [0.717, 1.165) is 5.39 Å². The average molecular weight is 489 g/mol. The summed E-state index contributed by atoms with van der Waals surface area (Å²) in [7, 11) is 7.81. The summed E-state index contributed by atoms with van der Waals surface area (Å²) in [5.41, 5.74) is 0.921. The first-order valence-electron chi connectivity index (χ1n) is 12.2. The van der Waals surface area contributed by atoms with Crippen molar-refractivity contribution in [2.24, 2.45) is 10.8 Å². The number of nitrogens with one attached hydrogen (secondary N) is 1. The third-order valence-electron chi connectivity index (χ3n) is 7.14. The zero-order valence-electron chi connectivity index (χ0n) is 22.6. The van der Waals surface area contributed by atoms with Gasteiger partial charge in [-0.3, -0.25) is 4.68 Å². The van der Waals surface area contributed by atoms with Crippen LogP contribution in [0.15, 0.2) is 18.5 Å². The van der Waals surface area contributed by atoms with Crippen LogP contribution in [0.3, 0.4) is 0 Å². The SMILES string of the molecule is BC(B)(B)n1cc(Nc2ncc3cc(C#N)n([C@@H](C)COC)c3n2)c(OC2C(C)(C)C(O)C2(C)C)n1. The molecule has 36 heavy (non-hydrogen) atoms. The predicted molar refractivity (Wildman–Crippen MR) is 146 cm³/mol. The lowest BCUT2D eigenvalue weighted by atomic mass is 9.49. The van der Waals surface area contributed by atoms with Gasteiger partial charge in [-0.25, -0.2) is 4.98 Å². The van der Waals surface area contributed by atoms with Gasteiger partial charge in [-0.2, -0.15) is 10.2 Å². The van der Waals surface area contributed by atoms with E-state index in [4.69, 9.17) is 19.6 Å². The van der Waals surface area contributed by atoms with Crippen LogP contribution in [0.25, 0.3) is 11.0 Å². The third-order valence-corrected chi connectivity index (χ3v) is 7.14. The number of nitrogens with zero attached hydrogens (tertiary/aromatic N) is 6. The Kier molecular flexibility index (Phi) is 6.42. The number of hydrogen-bond acceptors (Lipinski definition) is 8. The van der Waals surface area contributed by atoms with Gasteiger partial charge in [-0.1, -0.05) is 27.7 Å². The van der Waals surface area contributed by atoms with E-state index in [1.54, 1.807) is 19.4 Å². The highest BCUT2D eigenvalue weighted by Crippen LogP contribution is 2.55. The Bertz CT molecular complexity index is 1310. The number of aliphatic hydroxyl groups excluding tert-OH is 1. The summed E-state index contributed by atoms with van der Waals surface area (Å²) in [5, 5.41) is 28.8. The van der Waals surface area contributed by atoms with E-state index in [0.29, 0.717) is 35.5 Å². The highest BCUT2D eigenvalue weighted by atomic mass is 16.5. The van der Waals surface area contributed by atoms with E-state index in [1.165, 1.54) is 0 Å². The molecule has 1 aliphatic carbocycles. The van der Waals surface area contributed by atoms with Crippen LogP contribution in [0.1, 0.15) is 46.4 Å². The minimum atomic E-state index is -0.488. The Balaban J connectivity index is 1.73. The smallest absolute Gasteiger partial charge is 0.257 e. The summed E-state index contributed by atoms with van der Waals surface area (Å²) in [5.74, 6) is 0.786. The lowest BCUT2D eigenvalue weighted by molar-refractivity contribution is -0.237. The number of methoxy groups -OCH3 is 1. The zero-order chi connectivity index (χ0) is 26.6. The summed E-state index contributed by atoms with van der Waals surface area (Å²) in [4.78, 5) is 9.22. The highest BCUT2D eigenvalue weighted by Gasteiger charge is 2.63. The number of nitriles is 1. The Labute approximate surface area is 214 Å². The molecule has 0 amide bonds. The van der Waals surface area contributed by atoms with Gasteiger partial charge in [0.15, 0.2) is 0 Å². The number of fused-ring (bicyclic) bond motifs is 1. The van der Waals surface area contributed by atoms with Crippen LogP contribution in [0.5, 0.6) is 5.88 Å². The fourth-order valence-corrected chi connectivity index (χ4v) is 5.43. The Morgan fingerprint density at radius 2 is 1.94 bits per heavy atom. The summed E-state index contributed by atoms with van der Waals surface area (Å²) < 4.78 is 15.5. The monoisotopic (exact) mass is 489 g/mol. The standard InChI is InChI=1S/C23H34B3N7O3/c1-12(11-35-6)33-14(8-27)7-13-9-28-20(30-16(13)33)29-15-10-32(23(24,25)26)31-17(15)36-19-21(2,3)18(34)22(19,4)5/h7,9-10,12,18-19,34H,11,24-26H2,1-6H3,(H,28,29,30)/t12-,18?,19?/m0/s1. The molecule has 10 nitrogen and oxygen atoms in total. The second kappa shape index (κ2) is 8.85. The molecule has 0 spiro atoms. The largest absolute Gasteiger partial charge is 0.470 e. The van der Waals surface area contributed by atoms with Crippen LogP contribution in [-0.2, 0) is 9.97 Å². The molecule has 0 radical (unpaired) electrons. The van der Waals surface area contributed by atoms with Crippen molar-refractivity contribution in [1.29, 1.82) is 5.26 Å². The molecule has 0 bridgehead atoms. The molecule has 13 heteroatoms. The van der Waals surface area contributed by atoms with Crippen molar-refractivity contribution in [3.05, 3.63) is 24.2 Å². The second-order valence-corrected chi connectivity index (χ2v) is 11.9. The van der Waals surface area contributed by atoms with Crippen molar-refractivity contribution in [3.63, 3.8) is 0 Å². The number of aromatic nitrogens is 5. The fraction of sp³-hybridized carbons (Fsp3) is 0.565. The van der Waals surface area contributed by atoms with Crippen LogP contribution < -0.4 is 10.1 Å². The molecule has 3 aromatic rings. The van der Waals surface area contributed by atoms with Crippen LogP contribution in [0, 0.1) is 22.2 Å². The quantitative estimate of drug-likeness (QED) is 0.428. The maximum absolute atomic E-state index is 10.6. The second-order valence-electron chi connectivity index (χ2n) is 11.9. The first kappa shape index (κ1) is 26.1. The Morgan fingerprint density at radius 1 is 1.28 bits per heavy atom. The summed E-state index contributed by atoms with van der Waals surface area (Å²) in [6.07, 6.45) is 2.85. The fourth-order valence-electron chi connectivity index (χ4n) is 5.43. The van der Waals surface area contributed by atoms with Gasteiger partial charge in [0.2, 0.25) is 5.95 Å². The molecule has 1 aliphatic rings. The summed E-state index contributed by atoms with van der Waals surface area (Å²) >= 11 is 0. The first-order valence-corrected chi connectivity index (χ1v) is 12.2. The highest BCUT2D eigenvalue weighted by molar-refractivity contribution is 6.56. The molecule has 0 unspecified atom stereocenters. The number of hydrogen-bond donors (Lipinski definition) is 2. The van der Waals surface area contributed by atoms with E-state index in [1.807, 2.05) is 50.1 Å². The molecule has 3 aromatic heterocycles. The van der Waals surface area contributed by atoms with Gasteiger partial charge in [0.05, 0.1) is 24.9 Å². The van der Waals surface area contributed by atoms with Crippen molar-refractivity contribution < 1.29 is 14.6 Å².